The van der Waals surface area contributed by atoms with Gasteiger partial charge in [0.2, 0.25) is 0 Å². The van der Waals surface area contributed by atoms with Crippen molar-refractivity contribution in [3.8, 4) is 45.5 Å². The number of benzene rings is 8. The van der Waals surface area contributed by atoms with Crippen molar-refractivity contribution in [2.75, 3.05) is 0 Å². The maximum atomic E-state index is 5.26. The lowest BCUT2D eigenvalue weighted by molar-refractivity contribution is 1.02. The van der Waals surface area contributed by atoms with E-state index in [9.17, 15) is 0 Å². The number of rotatable bonds is 4. The summed E-state index contributed by atoms with van der Waals surface area (Å²) in [7, 11) is 0. The molecule has 8 aromatic carbocycles. The second-order valence-electron chi connectivity index (χ2n) is 14.8. The van der Waals surface area contributed by atoms with Crippen LogP contribution in [0.2, 0.25) is 0 Å². The topological polar surface area (TPSA) is 48.5 Å². The number of nitrogens with zero attached hydrogens (tertiary/aromatic N) is 5. The van der Waals surface area contributed by atoms with Gasteiger partial charge in [-0.05, 0) is 77.5 Å². The molecular formula is C51H29N5S2. The minimum absolute atomic E-state index is 0.628. The Bertz CT molecular complexity index is 3690. The molecule has 0 spiro atoms. The number of hydrogen-bond acceptors (Lipinski definition) is 5. The molecule has 7 heteroatoms. The molecule has 12 aromatic rings. The van der Waals surface area contributed by atoms with E-state index in [1.807, 2.05) is 23.1 Å². The van der Waals surface area contributed by atoms with Crippen LogP contribution in [0.1, 0.15) is 0 Å². The molecule has 0 saturated heterocycles. The number of fused-ring (bicyclic) bond motifs is 11. The van der Waals surface area contributed by atoms with Crippen LogP contribution in [0, 0.1) is 0 Å². The van der Waals surface area contributed by atoms with Gasteiger partial charge in [0, 0.05) is 68.5 Å². The molecule has 1 aliphatic heterocycles. The maximum absolute atomic E-state index is 5.26. The van der Waals surface area contributed by atoms with Crippen molar-refractivity contribution >= 4 is 86.9 Å². The Morgan fingerprint density at radius 2 is 1.07 bits per heavy atom. The number of para-hydroxylation sites is 3. The largest absolute Gasteiger partial charge is 0.295 e. The van der Waals surface area contributed by atoms with E-state index in [0.29, 0.717) is 17.5 Å². The highest BCUT2D eigenvalue weighted by Gasteiger charge is 2.28. The van der Waals surface area contributed by atoms with Crippen molar-refractivity contribution in [1.82, 2.24) is 24.1 Å². The predicted molar refractivity (Wildman–Crippen MR) is 242 cm³/mol. The van der Waals surface area contributed by atoms with Crippen LogP contribution in [-0.2, 0) is 0 Å². The van der Waals surface area contributed by atoms with Crippen molar-refractivity contribution in [2.45, 2.75) is 9.79 Å². The summed E-state index contributed by atoms with van der Waals surface area (Å²) >= 11 is 3.66. The Morgan fingerprint density at radius 3 is 1.97 bits per heavy atom. The summed E-state index contributed by atoms with van der Waals surface area (Å²) in [4.78, 5) is 18.2. The van der Waals surface area contributed by atoms with Crippen LogP contribution in [0.25, 0.3) is 109 Å². The van der Waals surface area contributed by atoms with Gasteiger partial charge >= 0.3 is 0 Å². The zero-order valence-electron chi connectivity index (χ0n) is 30.8. The SMILES string of the molecule is c1cc(-c2nc(-c3ccc4ccccc4c3)nc(-c3ccc4sc5ccccc5c4c3)n2)cc(-n2c3ccccc3c3c4cccc5c4n(c32)-c2ccccc2S5)c1. The Morgan fingerprint density at radius 1 is 0.414 bits per heavy atom. The first-order chi connectivity index (χ1) is 28.7. The summed E-state index contributed by atoms with van der Waals surface area (Å²) < 4.78 is 7.42. The molecule has 0 aliphatic carbocycles. The molecule has 270 valence electrons. The minimum atomic E-state index is 0.628. The third kappa shape index (κ3) is 4.69. The van der Waals surface area contributed by atoms with Gasteiger partial charge in [0.15, 0.2) is 17.5 Å². The van der Waals surface area contributed by atoms with Crippen molar-refractivity contribution < 1.29 is 0 Å². The molecule has 0 radical (unpaired) electrons. The molecule has 1 aliphatic rings. The average molecular weight is 776 g/mol. The second-order valence-corrected chi connectivity index (χ2v) is 17.0. The summed E-state index contributed by atoms with van der Waals surface area (Å²) in [6.07, 6.45) is 0. The first kappa shape index (κ1) is 32.1. The molecular weight excluding hydrogens is 747 g/mol. The standard InChI is InChI=1S/C51H29N5S2/c1-2-12-31-27-33(24-23-30(31)11-1)49-52-48(53-50(54-49)34-25-26-43-39(29-34)36-15-4-7-20-42(36)57-43)32-13-9-14-35(28-32)55-40-18-5-3-16-37(40)46-38-17-10-22-45-47(38)56(51(46)55)41-19-6-8-21-44(41)58-45/h1-29H. The highest BCUT2D eigenvalue weighted by molar-refractivity contribution is 7.99. The van der Waals surface area contributed by atoms with Gasteiger partial charge in [-0.15, -0.1) is 11.3 Å². The molecule has 0 unspecified atom stereocenters. The van der Waals surface area contributed by atoms with Crippen molar-refractivity contribution in [1.29, 1.82) is 0 Å². The molecule has 0 fully saturated rings. The normalized spacial score (nSPS) is 12.4. The molecule has 0 amide bonds. The maximum Gasteiger partial charge on any atom is 0.164 e. The van der Waals surface area contributed by atoms with E-state index in [-0.39, 0.29) is 0 Å². The molecule has 5 heterocycles. The van der Waals surface area contributed by atoms with Gasteiger partial charge in [0.25, 0.3) is 0 Å². The lowest BCUT2D eigenvalue weighted by Gasteiger charge is -2.21. The third-order valence-corrected chi connectivity index (χ3v) is 13.8. The lowest BCUT2D eigenvalue weighted by atomic mass is 10.1. The van der Waals surface area contributed by atoms with Gasteiger partial charge < -0.3 is 0 Å². The third-order valence-electron chi connectivity index (χ3n) is 11.5. The molecule has 4 aromatic heterocycles. The Kier molecular flexibility index (Phi) is 6.76. The monoisotopic (exact) mass is 775 g/mol. The summed E-state index contributed by atoms with van der Waals surface area (Å²) in [5.41, 5.74) is 8.63. The van der Waals surface area contributed by atoms with E-state index >= 15 is 0 Å². The highest BCUT2D eigenvalue weighted by atomic mass is 32.2. The molecule has 13 rings (SSSR count). The van der Waals surface area contributed by atoms with Crippen LogP contribution in [0.5, 0.6) is 0 Å². The van der Waals surface area contributed by atoms with E-state index in [2.05, 4.69) is 185 Å². The molecule has 58 heavy (non-hydrogen) atoms. The average Bonchev–Trinajstić information content (AvgIpc) is 3.94. The van der Waals surface area contributed by atoms with Crippen LogP contribution >= 0.6 is 23.1 Å². The van der Waals surface area contributed by atoms with Crippen LogP contribution in [0.4, 0.5) is 0 Å². The quantitative estimate of drug-likeness (QED) is 0.179. The second kappa shape index (κ2) is 12.2. The fourth-order valence-corrected chi connectivity index (χ4v) is 11.1. The predicted octanol–water partition coefficient (Wildman–Crippen LogP) is 13.9. The van der Waals surface area contributed by atoms with Gasteiger partial charge in [-0.25, -0.2) is 15.0 Å². The van der Waals surface area contributed by atoms with E-state index in [4.69, 9.17) is 15.0 Å². The van der Waals surface area contributed by atoms with Gasteiger partial charge in [-0.3, -0.25) is 9.13 Å². The number of hydrogen-bond donors (Lipinski definition) is 0. The van der Waals surface area contributed by atoms with Crippen LogP contribution in [0.3, 0.4) is 0 Å². The first-order valence-electron chi connectivity index (χ1n) is 19.4. The number of thiophene rings is 1. The van der Waals surface area contributed by atoms with Gasteiger partial charge in [0.1, 0.15) is 5.65 Å². The lowest BCUT2D eigenvalue weighted by Crippen LogP contribution is -2.06. The summed E-state index contributed by atoms with van der Waals surface area (Å²) in [6.45, 7) is 0. The Hall–Kier alpha value is -7.06. The van der Waals surface area contributed by atoms with Crippen LogP contribution in [0.15, 0.2) is 186 Å². The summed E-state index contributed by atoms with van der Waals surface area (Å²) in [6, 6.07) is 63.0. The molecule has 0 saturated carbocycles. The molecule has 0 bridgehead atoms. The summed E-state index contributed by atoms with van der Waals surface area (Å²) in [5, 5.41) is 8.53. The zero-order chi connectivity index (χ0) is 37.9. The first-order valence-corrected chi connectivity index (χ1v) is 21.0. The fraction of sp³-hybridized carbons (Fsp3) is 0. The molecule has 0 N–H and O–H groups in total. The fourth-order valence-electron chi connectivity index (χ4n) is 8.93. The van der Waals surface area contributed by atoms with Gasteiger partial charge in [-0.2, -0.15) is 0 Å². The van der Waals surface area contributed by atoms with E-state index < -0.39 is 0 Å². The zero-order valence-corrected chi connectivity index (χ0v) is 32.4. The van der Waals surface area contributed by atoms with Crippen LogP contribution in [-0.4, -0.2) is 24.1 Å². The van der Waals surface area contributed by atoms with Crippen molar-refractivity contribution in [3.05, 3.63) is 176 Å². The van der Waals surface area contributed by atoms with E-state index in [1.165, 1.54) is 62.7 Å². The smallest absolute Gasteiger partial charge is 0.164 e. The molecule has 5 nitrogen and oxygen atoms in total. The van der Waals surface area contributed by atoms with Gasteiger partial charge in [0.05, 0.1) is 16.7 Å². The molecule has 0 atom stereocenters. The minimum Gasteiger partial charge on any atom is -0.295 e. The van der Waals surface area contributed by atoms with Crippen LogP contribution < -0.4 is 0 Å². The van der Waals surface area contributed by atoms with E-state index in [0.717, 1.165) is 38.9 Å². The van der Waals surface area contributed by atoms with E-state index in [1.54, 1.807) is 0 Å². The van der Waals surface area contributed by atoms with Crippen molar-refractivity contribution in [3.63, 3.8) is 0 Å². The van der Waals surface area contributed by atoms with Gasteiger partial charge in [-0.1, -0.05) is 121 Å². The van der Waals surface area contributed by atoms with Crippen molar-refractivity contribution in [2.24, 2.45) is 0 Å². The Labute approximate surface area is 340 Å². The summed E-state index contributed by atoms with van der Waals surface area (Å²) in [5.74, 6) is 1.92. The highest BCUT2D eigenvalue weighted by Crippen LogP contribution is 2.49. The Balaban J connectivity index is 1.05. The number of aromatic nitrogens is 5.